The molecule has 0 fully saturated rings. The molecule has 0 saturated heterocycles. The number of fused-ring (bicyclic) bond motifs is 2. The number of hydrogen-bond donors (Lipinski definition) is 0. The van der Waals surface area contributed by atoms with Crippen LogP contribution in [0.4, 0.5) is 5.69 Å². The molecule has 0 aliphatic heterocycles. The van der Waals surface area contributed by atoms with Crippen LogP contribution < -0.4 is 0 Å². The number of hydrogen-bond acceptors (Lipinski definition) is 4. The molecule has 0 amide bonds. The van der Waals surface area contributed by atoms with Crippen LogP contribution in [0.2, 0.25) is 0 Å². The molecular weight excluding hydrogens is 292 g/mol. The van der Waals surface area contributed by atoms with E-state index in [4.69, 9.17) is 0 Å². The van der Waals surface area contributed by atoms with Gasteiger partial charge in [-0.25, -0.2) is 4.98 Å². The van der Waals surface area contributed by atoms with Crippen molar-refractivity contribution in [3.05, 3.63) is 76.7 Å². The first kappa shape index (κ1) is 13.4. The van der Waals surface area contributed by atoms with E-state index in [0.29, 0.717) is 12.1 Å². The van der Waals surface area contributed by atoms with Crippen LogP contribution in [0.3, 0.4) is 0 Å². The van der Waals surface area contributed by atoms with Gasteiger partial charge in [-0.05, 0) is 23.8 Å². The van der Waals surface area contributed by atoms with Gasteiger partial charge in [-0.3, -0.25) is 15.1 Å². The van der Waals surface area contributed by atoms with Crippen molar-refractivity contribution in [2.24, 2.45) is 0 Å². The van der Waals surface area contributed by atoms with Crippen molar-refractivity contribution >= 4 is 27.6 Å². The molecule has 2 heterocycles. The van der Waals surface area contributed by atoms with E-state index in [-0.39, 0.29) is 5.69 Å². The minimum absolute atomic E-state index is 0.0291. The molecule has 6 nitrogen and oxygen atoms in total. The predicted octanol–water partition coefficient (Wildman–Crippen LogP) is 3.54. The summed E-state index contributed by atoms with van der Waals surface area (Å²) in [5.41, 5.74) is 3.19. The van der Waals surface area contributed by atoms with Crippen LogP contribution in [0.15, 0.2) is 61.1 Å². The van der Waals surface area contributed by atoms with Gasteiger partial charge in [0.25, 0.3) is 5.69 Å². The number of imidazole rings is 1. The predicted molar refractivity (Wildman–Crippen MR) is 87.2 cm³/mol. The van der Waals surface area contributed by atoms with E-state index >= 15 is 0 Å². The van der Waals surface area contributed by atoms with Gasteiger partial charge < -0.3 is 4.57 Å². The summed E-state index contributed by atoms with van der Waals surface area (Å²) in [4.78, 5) is 19.2. The van der Waals surface area contributed by atoms with Gasteiger partial charge >= 0.3 is 0 Å². The molecule has 2 aromatic carbocycles. The smallest absolute Gasteiger partial charge is 0.297 e. The van der Waals surface area contributed by atoms with Gasteiger partial charge in [-0.1, -0.05) is 24.3 Å². The molecule has 0 aliphatic rings. The Balaban J connectivity index is 1.77. The Bertz CT molecular complexity index is 1040. The number of nitro groups is 1. The van der Waals surface area contributed by atoms with E-state index in [2.05, 4.69) is 9.97 Å². The summed E-state index contributed by atoms with van der Waals surface area (Å²) >= 11 is 0. The van der Waals surface area contributed by atoms with Gasteiger partial charge in [0.1, 0.15) is 0 Å². The monoisotopic (exact) mass is 304 g/mol. The fourth-order valence-electron chi connectivity index (χ4n) is 2.75. The molecule has 0 atom stereocenters. The van der Waals surface area contributed by atoms with Crippen molar-refractivity contribution in [1.82, 2.24) is 14.5 Å². The highest BCUT2D eigenvalue weighted by Crippen LogP contribution is 2.24. The Morgan fingerprint density at radius 1 is 1.09 bits per heavy atom. The zero-order chi connectivity index (χ0) is 15.8. The van der Waals surface area contributed by atoms with Crippen molar-refractivity contribution in [1.29, 1.82) is 0 Å². The summed E-state index contributed by atoms with van der Waals surface area (Å²) in [6, 6.07) is 15.0. The second kappa shape index (κ2) is 5.17. The quantitative estimate of drug-likeness (QED) is 0.428. The molecule has 6 heteroatoms. The lowest BCUT2D eigenvalue weighted by molar-refractivity contribution is -0.383. The summed E-state index contributed by atoms with van der Waals surface area (Å²) in [5.74, 6) is 0. The Morgan fingerprint density at radius 3 is 2.87 bits per heavy atom. The molecule has 112 valence electrons. The number of pyridine rings is 1. The van der Waals surface area contributed by atoms with Gasteiger partial charge in [0.2, 0.25) is 0 Å². The van der Waals surface area contributed by atoms with Gasteiger partial charge in [0.05, 0.1) is 22.3 Å². The lowest BCUT2D eigenvalue weighted by Crippen LogP contribution is -1.98. The Labute approximate surface area is 131 Å². The van der Waals surface area contributed by atoms with Crippen LogP contribution in [-0.4, -0.2) is 19.5 Å². The summed E-state index contributed by atoms with van der Waals surface area (Å²) in [6.45, 7) is 0.587. The van der Waals surface area contributed by atoms with Crippen molar-refractivity contribution in [2.75, 3.05) is 0 Å². The minimum Gasteiger partial charge on any atom is -0.326 e. The molecule has 23 heavy (non-hydrogen) atoms. The van der Waals surface area contributed by atoms with Crippen LogP contribution in [0, 0.1) is 10.1 Å². The molecule has 0 radical (unpaired) electrons. The van der Waals surface area contributed by atoms with Crippen LogP contribution >= 0.6 is 0 Å². The number of para-hydroxylation sites is 1. The maximum absolute atomic E-state index is 11.1. The van der Waals surface area contributed by atoms with Crippen LogP contribution in [-0.2, 0) is 6.54 Å². The third kappa shape index (κ3) is 2.30. The highest BCUT2D eigenvalue weighted by atomic mass is 16.6. The van der Waals surface area contributed by atoms with E-state index in [1.165, 1.54) is 6.07 Å². The highest BCUT2D eigenvalue weighted by molar-refractivity contribution is 5.85. The third-order valence-corrected chi connectivity index (χ3v) is 3.85. The molecule has 0 saturated carbocycles. The average molecular weight is 304 g/mol. The fourth-order valence-corrected chi connectivity index (χ4v) is 2.75. The van der Waals surface area contributed by atoms with E-state index in [0.717, 1.165) is 22.0 Å². The van der Waals surface area contributed by atoms with Gasteiger partial charge in [-0.2, -0.15) is 0 Å². The van der Waals surface area contributed by atoms with Crippen molar-refractivity contribution < 1.29 is 4.92 Å². The molecule has 4 aromatic rings. The Hall–Kier alpha value is -3.28. The number of aromatic nitrogens is 3. The topological polar surface area (TPSA) is 73.8 Å². The van der Waals surface area contributed by atoms with E-state index in [9.17, 15) is 10.1 Å². The summed E-state index contributed by atoms with van der Waals surface area (Å²) in [7, 11) is 0. The first-order valence-electron chi connectivity index (χ1n) is 7.14. The molecule has 0 aliphatic carbocycles. The maximum Gasteiger partial charge on any atom is 0.297 e. The zero-order valence-electron chi connectivity index (χ0n) is 12.1. The SMILES string of the molecule is O=[N+]([O-])c1cccc2c1ncn2Cc1ccc2cccnc2c1. The van der Waals surface area contributed by atoms with Gasteiger partial charge in [0.15, 0.2) is 5.52 Å². The summed E-state index contributed by atoms with van der Waals surface area (Å²) < 4.78 is 1.91. The highest BCUT2D eigenvalue weighted by Gasteiger charge is 2.15. The average Bonchev–Trinajstić information content (AvgIpc) is 2.97. The third-order valence-electron chi connectivity index (χ3n) is 3.85. The minimum atomic E-state index is -0.403. The fraction of sp³-hybridized carbons (Fsp3) is 0.0588. The summed E-state index contributed by atoms with van der Waals surface area (Å²) in [6.07, 6.45) is 3.41. The molecule has 4 rings (SSSR count). The molecule has 0 unspecified atom stereocenters. The molecular formula is C17H12N4O2. The maximum atomic E-state index is 11.1. The van der Waals surface area contributed by atoms with E-state index < -0.39 is 4.92 Å². The van der Waals surface area contributed by atoms with Crippen molar-refractivity contribution in [3.8, 4) is 0 Å². The number of rotatable bonds is 3. The number of benzene rings is 2. The lowest BCUT2D eigenvalue weighted by Gasteiger charge is -2.06. The molecule has 0 N–H and O–H groups in total. The lowest BCUT2D eigenvalue weighted by atomic mass is 10.1. The molecule has 2 aromatic heterocycles. The van der Waals surface area contributed by atoms with Gasteiger partial charge in [0, 0.05) is 24.2 Å². The first-order chi connectivity index (χ1) is 11.2. The van der Waals surface area contributed by atoms with Crippen molar-refractivity contribution in [3.63, 3.8) is 0 Å². The Morgan fingerprint density at radius 2 is 2.00 bits per heavy atom. The zero-order valence-corrected chi connectivity index (χ0v) is 12.1. The summed E-state index contributed by atoms with van der Waals surface area (Å²) in [5, 5.41) is 12.2. The second-order valence-corrected chi connectivity index (χ2v) is 5.30. The molecule has 0 spiro atoms. The van der Waals surface area contributed by atoms with Crippen LogP contribution in [0.25, 0.3) is 21.9 Å². The Kier molecular flexibility index (Phi) is 3.01. The second-order valence-electron chi connectivity index (χ2n) is 5.30. The van der Waals surface area contributed by atoms with Crippen LogP contribution in [0.5, 0.6) is 0 Å². The van der Waals surface area contributed by atoms with Crippen LogP contribution in [0.1, 0.15) is 5.56 Å². The van der Waals surface area contributed by atoms with Gasteiger partial charge in [-0.15, -0.1) is 0 Å². The van der Waals surface area contributed by atoms with Crippen molar-refractivity contribution in [2.45, 2.75) is 6.54 Å². The van der Waals surface area contributed by atoms with E-state index in [1.54, 1.807) is 18.6 Å². The number of nitrogens with zero attached hydrogens (tertiary/aromatic N) is 4. The number of nitro benzene ring substituents is 1. The first-order valence-corrected chi connectivity index (χ1v) is 7.14. The van der Waals surface area contributed by atoms with E-state index in [1.807, 2.05) is 41.0 Å². The molecule has 0 bridgehead atoms. The standard InChI is InChI=1S/C17H12N4O2/c22-21(23)16-5-1-4-15-17(16)19-11-20(15)10-12-6-7-13-3-2-8-18-14(13)9-12/h1-9,11H,10H2. The number of non-ortho nitro benzene ring substituents is 1. The largest absolute Gasteiger partial charge is 0.326 e. The normalized spacial score (nSPS) is 11.1.